The molecule has 1 heterocycles. The van der Waals surface area contributed by atoms with Gasteiger partial charge >= 0.3 is 0 Å². The van der Waals surface area contributed by atoms with Crippen LogP contribution in [0.4, 0.5) is 0 Å². The van der Waals surface area contributed by atoms with Crippen LogP contribution in [-0.2, 0) is 4.79 Å². The van der Waals surface area contributed by atoms with Crippen LogP contribution in [0.15, 0.2) is 41.8 Å². The lowest BCUT2D eigenvalue weighted by Gasteiger charge is -2.32. The van der Waals surface area contributed by atoms with Gasteiger partial charge in [0.1, 0.15) is 5.75 Å². The largest absolute Gasteiger partial charge is 0.497 e. The second-order valence-corrected chi connectivity index (χ2v) is 7.52. The number of carbonyl (C=O) groups excluding carboxylic acids is 1. The second-order valence-electron chi connectivity index (χ2n) is 6.54. The summed E-state index contributed by atoms with van der Waals surface area (Å²) in [4.78, 5) is 16.1. The van der Waals surface area contributed by atoms with Crippen molar-refractivity contribution in [2.24, 2.45) is 0 Å². The average molecular weight is 346 g/mol. The molecule has 0 spiro atoms. The molecule has 130 valence electrons. The Hall–Kier alpha value is -1.81. The SMILES string of the molecule is COc1cccc(C(CC(=O)N(C(C)C)C(C)C)c2cccs2)c1. The minimum absolute atomic E-state index is 0.0626. The van der Waals surface area contributed by atoms with Gasteiger partial charge in [0.15, 0.2) is 0 Å². The lowest BCUT2D eigenvalue weighted by atomic mass is 9.93. The highest BCUT2D eigenvalue weighted by molar-refractivity contribution is 7.10. The highest BCUT2D eigenvalue weighted by atomic mass is 32.1. The fourth-order valence-corrected chi connectivity index (χ4v) is 4.04. The van der Waals surface area contributed by atoms with Gasteiger partial charge in [-0.2, -0.15) is 0 Å². The first-order valence-corrected chi connectivity index (χ1v) is 9.30. The van der Waals surface area contributed by atoms with Crippen LogP contribution in [0.1, 0.15) is 50.5 Å². The van der Waals surface area contributed by atoms with E-state index in [1.807, 2.05) is 29.2 Å². The molecule has 1 aromatic carbocycles. The van der Waals surface area contributed by atoms with Crippen LogP contribution in [-0.4, -0.2) is 30.0 Å². The van der Waals surface area contributed by atoms with E-state index in [1.54, 1.807) is 18.4 Å². The Morgan fingerprint density at radius 1 is 1.12 bits per heavy atom. The molecule has 0 saturated heterocycles. The van der Waals surface area contributed by atoms with Crippen molar-refractivity contribution < 1.29 is 9.53 Å². The maximum atomic E-state index is 13.0. The van der Waals surface area contributed by atoms with Gasteiger partial charge in [0.2, 0.25) is 5.91 Å². The van der Waals surface area contributed by atoms with Crippen LogP contribution in [0.5, 0.6) is 5.75 Å². The molecule has 1 atom stereocenters. The van der Waals surface area contributed by atoms with E-state index in [0.717, 1.165) is 11.3 Å². The third kappa shape index (κ3) is 4.38. The van der Waals surface area contributed by atoms with Gasteiger partial charge in [0, 0.05) is 29.3 Å². The molecule has 2 rings (SSSR count). The van der Waals surface area contributed by atoms with Crippen molar-refractivity contribution in [1.29, 1.82) is 0 Å². The average Bonchev–Trinajstić information content (AvgIpc) is 3.06. The van der Waals surface area contributed by atoms with Gasteiger partial charge in [0.05, 0.1) is 7.11 Å². The fourth-order valence-electron chi connectivity index (χ4n) is 3.18. The maximum Gasteiger partial charge on any atom is 0.224 e. The predicted molar refractivity (Wildman–Crippen MR) is 101 cm³/mol. The van der Waals surface area contributed by atoms with Gasteiger partial charge in [0.25, 0.3) is 0 Å². The Morgan fingerprint density at radius 2 is 1.83 bits per heavy atom. The molecule has 24 heavy (non-hydrogen) atoms. The molecule has 3 nitrogen and oxygen atoms in total. The zero-order valence-electron chi connectivity index (χ0n) is 15.2. The van der Waals surface area contributed by atoms with E-state index in [9.17, 15) is 4.79 Å². The van der Waals surface area contributed by atoms with Gasteiger partial charge in [-0.15, -0.1) is 11.3 Å². The third-order valence-electron chi connectivity index (χ3n) is 4.16. The first kappa shape index (κ1) is 18.5. The molecule has 0 aliphatic rings. The van der Waals surface area contributed by atoms with E-state index in [1.165, 1.54) is 4.88 Å². The predicted octanol–water partition coefficient (Wildman–Crippen LogP) is 4.92. The van der Waals surface area contributed by atoms with Crippen LogP contribution in [0, 0.1) is 0 Å². The maximum absolute atomic E-state index is 13.0. The van der Waals surface area contributed by atoms with Crippen molar-refractivity contribution in [3.05, 3.63) is 52.2 Å². The molecule has 0 N–H and O–H groups in total. The topological polar surface area (TPSA) is 29.5 Å². The van der Waals surface area contributed by atoms with Gasteiger partial charge in [-0.1, -0.05) is 18.2 Å². The lowest BCUT2D eigenvalue weighted by Crippen LogP contribution is -2.42. The van der Waals surface area contributed by atoms with Crippen LogP contribution in [0.25, 0.3) is 0 Å². The van der Waals surface area contributed by atoms with Crippen molar-refractivity contribution >= 4 is 17.2 Å². The minimum Gasteiger partial charge on any atom is -0.497 e. The number of hydrogen-bond donors (Lipinski definition) is 0. The highest BCUT2D eigenvalue weighted by Crippen LogP contribution is 2.34. The van der Waals surface area contributed by atoms with Crippen molar-refractivity contribution in [3.63, 3.8) is 0 Å². The number of rotatable bonds is 7. The molecule has 1 unspecified atom stereocenters. The number of hydrogen-bond acceptors (Lipinski definition) is 3. The standard InChI is InChI=1S/C20H27NO2S/c1-14(2)21(15(3)4)20(22)13-18(19-10-7-11-24-19)16-8-6-9-17(12-16)23-5/h6-12,14-15,18H,13H2,1-5H3. The van der Waals surface area contributed by atoms with Crippen LogP contribution >= 0.6 is 11.3 Å². The highest BCUT2D eigenvalue weighted by Gasteiger charge is 2.26. The molecule has 1 aromatic heterocycles. The van der Waals surface area contributed by atoms with E-state index in [0.29, 0.717) is 6.42 Å². The zero-order valence-corrected chi connectivity index (χ0v) is 16.0. The number of ether oxygens (including phenoxy) is 1. The Balaban J connectivity index is 2.32. The summed E-state index contributed by atoms with van der Waals surface area (Å²) < 4.78 is 5.36. The number of carbonyl (C=O) groups is 1. The Bertz CT molecular complexity index is 641. The molecule has 0 fully saturated rings. The summed E-state index contributed by atoms with van der Waals surface area (Å²) in [6.45, 7) is 8.29. The summed E-state index contributed by atoms with van der Waals surface area (Å²) in [6, 6.07) is 12.6. The molecule has 2 aromatic rings. The van der Waals surface area contributed by atoms with Crippen molar-refractivity contribution in [2.75, 3.05) is 7.11 Å². The number of thiophene rings is 1. The zero-order chi connectivity index (χ0) is 17.7. The number of nitrogens with zero attached hydrogens (tertiary/aromatic N) is 1. The number of amides is 1. The van der Waals surface area contributed by atoms with Crippen LogP contribution in [0.2, 0.25) is 0 Å². The summed E-state index contributed by atoms with van der Waals surface area (Å²) in [5.41, 5.74) is 1.12. The fraction of sp³-hybridized carbons (Fsp3) is 0.450. The smallest absolute Gasteiger partial charge is 0.224 e. The van der Waals surface area contributed by atoms with Gasteiger partial charge in [-0.05, 0) is 56.8 Å². The summed E-state index contributed by atoms with van der Waals surface area (Å²) >= 11 is 1.70. The molecule has 0 aliphatic heterocycles. The van der Waals surface area contributed by atoms with Gasteiger partial charge < -0.3 is 9.64 Å². The molecule has 0 bridgehead atoms. The first-order valence-electron chi connectivity index (χ1n) is 8.42. The molecule has 0 aliphatic carbocycles. The second kappa shape index (κ2) is 8.34. The lowest BCUT2D eigenvalue weighted by molar-refractivity contribution is -0.135. The van der Waals surface area contributed by atoms with Gasteiger partial charge in [-0.3, -0.25) is 4.79 Å². The first-order chi connectivity index (χ1) is 11.4. The van der Waals surface area contributed by atoms with E-state index in [-0.39, 0.29) is 23.9 Å². The van der Waals surface area contributed by atoms with E-state index >= 15 is 0 Å². The quantitative estimate of drug-likeness (QED) is 0.712. The third-order valence-corrected chi connectivity index (χ3v) is 5.15. The monoisotopic (exact) mass is 345 g/mol. The van der Waals surface area contributed by atoms with E-state index < -0.39 is 0 Å². The molecule has 1 amide bonds. The Morgan fingerprint density at radius 3 is 2.38 bits per heavy atom. The molecule has 4 heteroatoms. The van der Waals surface area contributed by atoms with Gasteiger partial charge in [-0.25, -0.2) is 0 Å². The van der Waals surface area contributed by atoms with E-state index in [4.69, 9.17) is 4.74 Å². The minimum atomic E-state index is 0.0626. The summed E-state index contributed by atoms with van der Waals surface area (Å²) in [7, 11) is 1.67. The number of methoxy groups -OCH3 is 1. The van der Waals surface area contributed by atoms with Crippen molar-refractivity contribution in [3.8, 4) is 5.75 Å². The number of benzene rings is 1. The van der Waals surface area contributed by atoms with E-state index in [2.05, 4.69) is 45.2 Å². The van der Waals surface area contributed by atoms with Crippen LogP contribution in [0.3, 0.4) is 0 Å². The molecule has 0 radical (unpaired) electrons. The summed E-state index contributed by atoms with van der Waals surface area (Å²) in [6.07, 6.45) is 0.476. The van der Waals surface area contributed by atoms with Crippen LogP contribution < -0.4 is 4.74 Å². The van der Waals surface area contributed by atoms with Crippen molar-refractivity contribution in [2.45, 2.75) is 52.1 Å². The molecular formula is C20H27NO2S. The summed E-state index contributed by atoms with van der Waals surface area (Å²) in [5, 5.41) is 2.07. The normalized spacial score (nSPS) is 12.5. The molecular weight excluding hydrogens is 318 g/mol. The Kier molecular flexibility index (Phi) is 6.44. The Labute approximate surface area is 149 Å². The summed E-state index contributed by atoms with van der Waals surface area (Å²) in [5.74, 6) is 1.08. The van der Waals surface area contributed by atoms with Crippen molar-refractivity contribution in [1.82, 2.24) is 4.90 Å². The molecule has 0 saturated carbocycles.